The average molecular weight is 613 g/mol. The molecule has 1 heterocycles. The van der Waals surface area contributed by atoms with E-state index in [1.807, 2.05) is 27.7 Å². The van der Waals surface area contributed by atoms with E-state index in [2.05, 4.69) is 38.5 Å². The first-order valence-corrected chi connectivity index (χ1v) is 12.9. The van der Waals surface area contributed by atoms with Crippen molar-refractivity contribution in [2.24, 2.45) is 5.73 Å². The standard InChI is InChI=1S/C22H40IN5O7/c1-12(29)27-16-13(28-20(24)25)10-15(19(32)33)35-18(16)17(31)14(30)11-26-21(2,3)7-9-34-22(4,5)6-8-23/h10,13-14,16-18,26,30-31H,6-9,11H2,1-5H3,(H,27,29)(H,32,33)(H4,24,25,28)/t13-,14+,16+,17+,18+/m0/s1. The second kappa shape index (κ2) is 13.6. The molecule has 12 nitrogen and oxygen atoms in total. The zero-order valence-corrected chi connectivity index (χ0v) is 23.1. The van der Waals surface area contributed by atoms with Gasteiger partial charge in [-0.15, -0.1) is 0 Å². The lowest BCUT2D eigenvalue weighted by Gasteiger charge is -2.40. The number of hydrogen-bond acceptors (Lipinski definition) is 8. The number of carboxylic acid groups (broad SMARTS) is 1. The molecule has 0 aromatic carbocycles. The number of nitrogens with two attached hydrogens (primary N) is 1. The summed E-state index contributed by atoms with van der Waals surface area (Å²) in [7, 11) is 0. The van der Waals surface area contributed by atoms with Crippen molar-refractivity contribution in [3.63, 3.8) is 0 Å². The molecule has 0 aromatic rings. The van der Waals surface area contributed by atoms with E-state index in [1.54, 1.807) is 0 Å². The van der Waals surface area contributed by atoms with Gasteiger partial charge in [0.2, 0.25) is 11.7 Å². The Bertz CT molecular complexity index is 777. The highest BCUT2D eigenvalue weighted by molar-refractivity contribution is 14.1. The van der Waals surface area contributed by atoms with Gasteiger partial charge in [-0.1, -0.05) is 22.6 Å². The van der Waals surface area contributed by atoms with Crippen LogP contribution in [0.3, 0.4) is 0 Å². The summed E-state index contributed by atoms with van der Waals surface area (Å²) in [6.07, 6.45) is -1.54. The van der Waals surface area contributed by atoms with Crippen LogP contribution in [0.25, 0.3) is 0 Å². The van der Waals surface area contributed by atoms with Crippen molar-refractivity contribution < 1.29 is 34.4 Å². The third-order valence-corrected chi connectivity index (χ3v) is 6.21. The first-order valence-electron chi connectivity index (χ1n) is 11.4. The van der Waals surface area contributed by atoms with Crippen molar-refractivity contribution in [2.45, 2.75) is 89.0 Å². The molecule has 0 saturated heterocycles. The molecule has 0 aromatic heterocycles. The van der Waals surface area contributed by atoms with Gasteiger partial charge in [-0.3, -0.25) is 10.2 Å². The molecule has 202 valence electrons. The lowest BCUT2D eigenvalue weighted by atomic mass is 9.91. The predicted molar refractivity (Wildman–Crippen MR) is 139 cm³/mol. The summed E-state index contributed by atoms with van der Waals surface area (Å²) in [4.78, 5) is 23.3. The zero-order chi connectivity index (χ0) is 27.0. The van der Waals surface area contributed by atoms with Gasteiger partial charge < -0.3 is 46.5 Å². The lowest BCUT2D eigenvalue weighted by Crippen LogP contribution is -2.64. The Balaban J connectivity index is 2.89. The number of β-amino-alcohol motifs (C(OH)–C–C–N with tert-alkyl or cyclic N) is 1. The molecule has 13 heteroatoms. The maximum absolute atomic E-state index is 11.8. The molecule has 1 aliphatic heterocycles. The third-order valence-electron chi connectivity index (χ3n) is 5.67. The Morgan fingerprint density at radius 3 is 2.40 bits per heavy atom. The molecule has 0 bridgehead atoms. The minimum Gasteiger partial charge on any atom is -0.478 e. The monoisotopic (exact) mass is 613 g/mol. The predicted octanol–water partition coefficient (Wildman–Crippen LogP) is -0.190. The Kier molecular flexibility index (Phi) is 12.2. The van der Waals surface area contributed by atoms with Crippen molar-refractivity contribution in [3.8, 4) is 0 Å². The summed E-state index contributed by atoms with van der Waals surface area (Å²) < 4.78 is 12.4. The van der Waals surface area contributed by atoms with Crippen molar-refractivity contribution in [1.29, 1.82) is 5.41 Å². The highest BCUT2D eigenvalue weighted by Gasteiger charge is 2.44. The smallest absolute Gasteiger partial charge is 0.370 e. The van der Waals surface area contributed by atoms with Crippen LogP contribution in [0, 0.1) is 5.41 Å². The summed E-state index contributed by atoms with van der Waals surface area (Å²) in [5.41, 5.74) is 4.74. The molecule has 0 spiro atoms. The Morgan fingerprint density at radius 2 is 1.89 bits per heavy atom. The number of nitrogens with one attached hydrogen (secondary N) is 4. The minimum atomic E-state index is -1.58. The lowest BCUT2D eigenvalue weighted by molar-refractivity contribution is -0.144. The van der Waals surface area contributed by atoms with Gasteiger partial charge in [0, 0.05) is 30.0 Å². The Hall–Kier alpha value is -1.68. The molecule has 1 rings (SSSR count). The summed E-state index contributed by atoms with van der Waals surface area (Å²) in [5.74, 6) is -2.84. The molecular weight excluding hydrogens is 573 g/mol. The number of carbonyl (C=O) groups excluding carboxylic acids is 1. The molecule has 1 amide bonds. The second-order valence-electron chi connectivity index (χ2n) is 9.85. The van der Waals surface area contributed by atoms with Crippen LogP contribution in [0.15, 0.2) is 11.8 Å². The van der Waals surface area contributed by atoms with E-state index in [4.69, 9.17) is 20.6 Å². The fourth-order valence-electron chi connectivity index (χ4n) is 3.54. The first kappa shape index (κ1) is 31.4. The van der Waals surface area contributed by atoms with E-state index in [0.717, 1.165) is 16.9 Å². The number of carbonyl (C=O) groups is 2. The number of aliphatic hydroxyl groups is 2. The van der Waals surface area contributed by atoms with E-state index in [-0.39, 0.29) is 12.1 Å². The molecule has 0 saturated carbocycles. The summed E-state index contributed by atoms with van der Waals surface area (Å²) >= 11 is 2.31. The topological polar surface area (TPSA) is 199 Å². The molecule has 0 aliphatic carbocycles. The van der Waals surface area contributed by atoms with Gasteiger partial charge in [0.1, 0.15) is 12.2 Å². The number of guanidine groups is 1. The number of ether oxygens (including phenoxy) is 2. The zero-order valence-electron chi connectivity index (χ0n) is 20.9. The average Bonchev–Trinajstić information content (AvgIpc) is 2.71. The van der Waals surface area contributed by atoms with E-state index >= 15 is 0 Å². The van der Waals surface area contributed by atoms with Gasteiger partial charge in [-0.05, 0) is 46.6 Å². The number of aliphatic carboxylic acids is 1. The van der Waals surface area contributed by atoms with Crippen LogP contribution < -0.4 is 21.7 Å². The van der Waals surface area contributed by atoms with Crippen LogP contribution >= 0.6 is 22.6 Å². The number of carboxylic acids is 1. The number of aliphatic hydroxyl groups excluding tert-OH is 2. The van der Waals surface area contributed by atoms with Crippen LogP contribution in [0.1, 0.15) is 47.5 Å². The maximum Gasteiger partial charge on any atom is 0.370 e. The largest absolute Gasteiger partial charge is 0.478 e. The quantitative estimate of drug-likeness (QED) is 0.0562. The molecule has 9 N–H and O–H groups in total. The fraction of sp³-hybridized carbons (Fsp3) is 0.773. The van der Waals surface area contributed by atoms with Gasteiger partial charge in [0.15, 0.2) is 5.96 Å². The number of hydrogen-bond donors (Lipinski definition) is 8. The van der Waals surface area contributed by atoms with Gasteiger partial charge in [-0.2, -0.15) is 0 Å². The van der Waals surface area contributed by atoms with Crippen molar-refractivity contribution in [1.82, 2.24) is 16.0 Å². The molecule has 0 fully saturated rings. The highest BCUT2D eigenvalue weighted by atomic mass is 127. The Labute approximate surface area is 220 Å². The van der Waals surface area contributed by atoms with Crippen molar-refractivity contribution in [3.05, 3.63) is 11.8 Å². The Morgan fingerprint density at radius 1 is 1.26 bits per heavy atom. The van der Waals surface area contributed by atoms with Crippen LogP contribution in [-0.2, 0) is 19.1 Å². The molecule has 1 aliphatic rings. The maximum atomic E-state index is 11.8. The summed E-state index contributed by atoms with van der Waals surface area (Å²) in [5, 5.41) is 46.8. The SMILES string of the molecule is CC(=O)N[C@H]1[C@H]([C@H](O)[C@H](O)CNC(C)(C)CCOC(C)(C)CCI)OC(C(=O)O)=C[C@@H]1NC(=N)N. The van der Waals surface area contributed by atoms with Crippen molar-refractivity contribution >= 4 is 40.4 Å². The normalized spacial score (nSPS) is 22.4. The van der Waals surface area contributed by atoms with Crippen LogP contribution in [0.5, 0.6) is 0 Å². The molecule has 0 radical (unpaired) electrons. The van der Waals surface area contributed by atoms with E-state index in [1.165, 1.54) is 6.92 Å². The second-order valence-corrected chi connectivity index (χ2v) is 10.9. The molecule has 0 unspecified atom stereocenters. The number of alkyl halides is 1. The minimum absolute atomic E-state index is 0.0329. The van der Waals surface area contributed by atoms with E-state index < -0.39 is 59.5 Å². The number of amides is 1. The van der Waals surface area contributed by atoms with E-state index in [9.17, 15) is 24.9 Å². The molecule has 35 heavy (non-hydrogen) atoms. The van der Waals surface area contributed by atoms with Crippen LogP contribution in [0.2, 0.25) is 0 Å². The summed E-state index contributed by atoms with van der Waals surface area (Å²) in [6, 6.07) is -1.97. The number of halogens is 1. The van der Waals surface area contributed by atoms with E-state index in [0.29, 0.717) is 13.0 Å². The van der Waals surface area contributed by atoms with Crippen LogP contribution in [0.4, 0.5) is 0 Å². The van der Waals surface area contributed by atoms with Gasteiger partial charge in [0.25, 0.3) is 0 Å². The van der Waals surface area contributed by atoms with Gasteiger partial charge in [0.05, 0.1) is 23.8 Å². The fourth-order valence-corrected chi connectivity index (χ4v) is 4.84. The number of rotatable bonds is 14. The summed E-state index contributed by atoms with van der Waals surface area (Å²) in [6.45, 7) is 9.67. The first-order chi connectivity index (χ1) is 16.1. The van der Waals surface area contributed by atoms with Crippen molar-refractivity contribution in [2.75, 3.05) is 17.6 Å². The van der Waals surface area contributed by atoms with Gasteiger partial charge >= 0.3 is 5.97 Å². The molecular formula is C22H40IN5O7. The van der Waals surface area contributed by atoms with Crippen LogP contribution in [-0.4, -0.2) is 92.3 Å². The third kappa shape index (κ3) is 10.9. The van der Waals surface area contributed by atoms with Gasteiger partial charge in [-0.25, -0.2) is 4.79 Å². The highest BCUT2D eigenvalue weighted by Crippen LogP contribution is 2.24. The molecule has 5 atom stereocenters.